The van der Waals surface area contributed by atoms with Crippen molar-refractivity contribution in [3.05, 3.63) is 0 Å². The average Bonchev–Trinajstić information content (AvgIpc) is 2.33. The molecule has 1 unspecified atom stereocenters. The van der Waals surface area contributed by atoms with Crippen molar-refractivity contribution in [3.63, 3.8) is 0 Å². The lowest BCUT2D eigenvalue weighted by molar-refractivity contribution is 0.163. The maximum absolute atomic E-state index is 12.4. The molecule has 0 saturated heterocycles. The highest BCUT2D eigenvalue weighted by Crippen LogP contribution is 2.16. The number of rotatable bonds is 10. The predicted molar refractivity (Wildman–Crippen MR) is 76.6 cm³/mol. The monoisotopic (exact) mass is 299 g/mol. The maximum atomic E-state index is 12.4. The van der Waals surface area contributed by atoms with Crippen molar-refractivity contribution < 1.29 is 13.2 Å². The summed E-state index contributed by atoms with van der Waals surface area (Å²) < 4.78 is 31.3. The molecule has 0 heterocycles. The Morgan fingerprint density at radius 1 is 1.28 bits per heavy atom. The van der Waals surface area contributed by atoms with Gasteiger partial charge in [0.25, 0.3) is 0 Å². The van der Waals surface area contributed by atoms with Crippen molar-refractivity contribution in [1.29, 1.82) is 0 Å². The Hall–Kier alpha value is 0.160. The maximum Gasteiger partial charge on any atom is 0.214 e. The highest BCUT2D eigenvalue weighted by molar-refractivity contribution is 7.89. The molecule has 18 heavy (non-hydrogen) atoms. The fraction of sp³-hybridized carbons (Fsp3) is 1.00. The summed E-state index contributed by atoms with van der Waals surface area (Å²) in [6, 6.07) is 0.0488. The van der Waals surface area contributed by atoms with Crippen LogP contribution in [-0.4, -0.2) is 50.7 Å². The summed E-state index contributed by atoms with van der Waals surface area (Å²) in [7, 11) is -1.68. The van der Waals surface area contributed by atoms with Gasteiger partial charge in [0.15, 0.2) is 0 Å². The molecule has 0 aliphatic rings. The van der Waals surface area contributed by atoms with Gasteiger partial charge in [-0.1, -0.05) is 20.8 Å². The number of alkyl halides is 1. The Balaban J connectivity index is 4.91. The molecule has 0 saturated carbocycles. The number of methoxy groups -OCH3 is 1. The van der Waals surface area contributed by atoms with Crippen LogP contribution in [0, 0.1) is 5.92 Å². The smallest absolute Gasteiger partial charge is 0.214 e. The Morgan fingerprint density at radius 2 is 1.83 bits per heavy atom. The number of hydrogen-bond acceptors (Lipinski definition) is 3. The molecule has 0 bridgehead atoms. The number of nitrogens with zero attached hydrogens (tertiary/aromatic N) is 1. The molecule has 4 nitrogen and oxygen atoms in total. The second-order valence-electron chi connectivity index (χ2n) is 4.61. The zero-order chi connectivity index (χ0) is 14.2. The van der Waals surface area contributed by atoms with E-state index in [2.05, 4.69) is 0 Å². The van der Waals surface area contributed by atoms with Gasteiger partial charge in [0.1, 0.15) is 0 Å². The third-order valence-electron chi connectivity index (χ3n) is 2.98. The first-order valence-electron chi connectivity index (χ1n) is 6.47. The fourth-order valence-electron chi connectivity index (χ4n) is 1.93. The highest BCUT2D eigenvalue weighted by Gasteiger charge is 2.28. The highest BCUT2D eigenvalue weighted by atomic mass is 35.5. The largest absolute Gasteiger partial charge is 0.383 e. The van der Waals surface area contributed by atoms with Crippen molar-refractivity contribution in [2.24, 2.45) is 5.92 Å². The summed E-state index contributed by atoms with van der Waals surface area (Å²) in [5, 5.41) is 0. The zero-order valence-corrected chi connectivity index (χ0v) is 13.4. The van der Waals surface area contributed by atoms with Gasteiger partial charge in [-0.25, -0.2) is 8.42 Å². The topological polar surface area (TPSA) is 46.6 Å². The molecule has 0 aliphatic heterocycles. The van der Waals surface area contributed by atoms with E-state index in [1.165, 1.54) is 0 Å². The Kier molecular flexibility index (Phi) is 9.21. The quantitative estimate of drug-likeness (QED) is 0.582. The van der Waals surface area contributed by atoms with Crippen LogP contribution in [0.25, 0.3) is 0 Å². The summed E-state index contributed by atoms with van der Waals surface area (Å²) in [4.78, 5) is 0. The standard InChI is InChI=1S/C12H26ClNO3S/c1-5-12(6-2)14(7-8-17-4)18(15,16)10-11(3)9-13/h11-12H,5-10H2,1-4H3. The van der Waals surface area contributed by atoms with E-state index >= 15 is 0 Å². The van der Waals surface area contributed by atoms with Crippen molar-refractivity contribution in [1.82, 2.24) is 4.31 Å². The Labute approximate surface area is 117 Å². The number of hydrogen-bond donors (Lipinski definition) is 0. The number of halogens is 1. The van der Waals surface area contributed by atoms with Gasteiger partial charge in [-0.05, 0) is 18.8 Å². The molecular formula is C12H26ClNO3S. The lowest BCUT2D eigenvalue weighted by atomic mass is 10.2. The predicted octanol–water partition coefficient (Wildman–Crippen LogP) is 2.33. The molecule has 0 aromatic carbocycles. The number of ether oxygens (including phenoxy) is 1. The van der Waals surface area contributed by atoms with Gasteiger partial charge in [-0.3, -0.25) is 0 Å². The lowest BCUT2D eigenvalue weighted by Gasteiger charge is -2.30. The molecule has 0 rings (SSSR count). The summed E-state index contributed by atoms with van der Waals surface area (Å²) in [6.45, 7) is 6.71. The minimum Gasteiger partial charge on any atom is -0.383 e. The van der Waals surface area contributed by atoms with Gasteiger partial charge >= 0.3 is 0 Å². The second kappa shape index (κ2) is 9.13. The van der Waals surface area contributed by atoms with Crippen LogP contribution in [0.4, 0.5) is 0 Å². The molecule has 0 aromatic heterocycles. The van der Waals surface area contributed by atoms with E-state index in [1.54, 1.807) is 11.4 Å². The molecule has 0 fully saturated rings. The van der Waals surface area contributed by atoms with Gasteiger partial charge in [0.05, 0.1) is 12.4 Å². The molecule has 0 amide bonds. The summed E-state index contributed by atoms with van der Waals surface area (Å²) in [5.74, 6) is 0.438. The van der Waals surface area contributed by atoms with Crippen molar-refractivity contribution in [3.8, 4) is 0 Å². The van der Waals surface area contributed by atoms with Gasteiger partial charge < -0.3 is 4.74 Å². The molecule has 6 heteroatoms. The molecule has 0 N–H and O–H groups in total. The summed E-state index contributed by atoms with van der Waals surface area (Å²) in [6.07, 6.45) is 1.63. The van der Waals surface area contributed by atoms with Gasteiger partial charge in [0, 0.05) is 25.6 Å². The van der Waals surface area contributed by atoms with E-state index in [0.29, 0.717) is 19.0 Å². The summed E-state index contributed by atoms with van der Waals surface area (Å²) in [5.41, 5.74) is 0. The first-order chi connectivity index (χ1) is 8.42. The minimum atomic E-state index is -3.26. The van der Waals surface area contributed by atoms with Gasteiger partial charge in [0.2, 0.25) is 10.0 Å². The molecule has 110 valence electrons. The van der Waals surface area contributed by atoms with Crippen molar-refractivity contribution in [2.45, 2.75) is 39.7 Å². The molecular weight excluding hydrogens is 274 g/mol. The van der Waals surface area contributed by atoms with E-state index in [4.69, 9.17) is 16.3 Å². The third-order valence-corrected chi connectivity index (χ3v) is 5.69. The normalized spacial score (nSPS) is 14.4. The van der Waals surface area contributed by atoms with Crippen LogP contribution in [0.3, 0.4) is 0 Å². The molecule has 0 aromatic rings. The first-order valence-corrected chi connectivity index (χ1v) is 8.61. The SMILES string of the molecule is CCC(CC)N(CCOC)S(=O)(=O)CC(C)CCl. The van der Waals surface area contributed by atoms with Crippen molar-refractivity contribution >= 4 is 21.6 Å². The van der Waals surface area contributed by atoms with Gasteiger partial charge in [-0.2, -0.15) is 4.31 Å². The van der Waals surface area contributed by atoms with Crippen LogP contribution in [0.2, 0.25) is 0 Å². The average molecular weight is 300 g/mol. The fourth-order valence-corrected chi connectivity index (χ4v) is 4.30. The minimum absolute atomic E-state index is 0.0314. The third kappa shape index (κ3) is 5.87. The van der Waals surface area contributed by atoms with E-state index in [9.17, 15) is 8.42 Å². The van der Waals surface area contributed by atoms with E-state index in [0.717, 1.165) is 12.8 Å². The molecule has 0 spiro atoms. The van der Waals surface area contributed by atoms with Crippen LogP contribution in [0.15, 0.2) is 0 Å². The van der Waals surface area contributed by atoms with Crippen LogP contribution in [-0.2, 0) is 14.8 Å². The zero-order valence-electron chi connectivity index (χ0n) is 11.9. The van der Waals surface area contributed by atoms with E-state index in [-0.39, 0.29) is 17.7 Å². The number of sulfonamides is 1. The van der Waals surface area contributed by atoms with E-state index < -0.39 is 10.0 Å². The Bertz CT molecular complexity index is 304. The Morgan fingerprint density at radius 3 is 2.22 bits per heavy atom. The summed E-state index contributed by atoms with van der Waals surface area (Å²) >= 11 is 5.71. The van der Waals surface area contributed by atoms with Crippen LogP contribution in [0.1, 0.15) is 33.6 Å². The van der Waals surface area contributed by atoms with Gasteiger partial charge in [-0.15, -0.1) is 11.6 Å². The molecule has 0 radical (unpaired) electrons. The lowest BCUT2D eigenvalue weighted by Crippen LogP contribution is -2.44. The van der Waals surface area contributed by atoms with E-state index in [1.807, 2.05) is 20.8 Å². The molecule has 1 atom stereocenters. The van der Waals surface area contributed by atoms with Crippen molar-refractivity contribution in [2.75, 3.05) is 31.9 Å². The van der Waals surface area contributed by atoms with Crippen LogP contribution < -0.4 is 0 Å². The second-order valence-corrected chi connectivity index (χ2v) is 6.89. The first kappa shape index (κ1) is 18.2. The van der Waals surface area contributed by atoms with Crippen LogP contribution in [0.5, 0.6) is 0 Å². The molecule has 0 aliphatic carbocycles. The van der Waals surface area contributed by atoms with Crippen LogP contribution >= 0.6 is 11.6 Å².